The first kappa shape index (κ1) is 15.4. The lowest BCUT2D eigenvalue weighted by Gasteiger charge is -2.30. The second kappa shape index (κ2) is 6.50. The minimum Gasteiger partial charge on any atom is -0.480 e. The van der Waals surface area contributed by atoms with Crippen LogP contribution in [0, 0.1) is 5.92 Å². The highest BCUT2D eigenvalue weighted by Crippen LogP contribution is 2.28. The fraction of sp³-hybridized carbons (Fsp3) is 0.923. The summed E-state index contributed by atoms with van der Waals surface area (Å²) >= 11 is 0. The number of ether oxygens (including phenoxy) is 1. The molecule has 2 unspecified atom stereocenters. The largest absolute Gasteiger partial charge is 0.480 e. The number of hydrogen-bond donors (Lipinski definition) is 2. The molecule has 0 bridgehead atoms. The van der Waals surface area contributed by atoms with Crippen LogP contribution in [0.5, 0.6) is 0 Å². The van der Waals surface area contributed by atoms with Gasteiger partial charge in [0.15, 0.2) is 0 Å². The molecule has 2 atom stereocenters. The smallest absolute Gasteiger partial charge is 0.323 e. The van der Waals surface area contributed by atoms with Gasteiger partial charge >= 0.3 is 5.97 Å². The van der Waals surface area contributed by atoms with E-state index >= 15 is 0 Å². The molecular weight excluding hydrogens is 232 g/mol. The molecule has 3 N–H and O–H groups in total. The lowest BCUT2D eigenvalue weighted by Crippen LogP contribution is -2.50. The number of carboxylic acids is 1. The molecule has 1 aliphatic carbocycles. The predicted molar refractivity (Wildman–Crippen MR) is 70.5 cm³/mol. The van der Waals surface area contributed by atoms with E-state index in [2.05, 4.69) is 4.90 Å². The summed E-state index contributed by atoms with van der Waals surface area (Å²) < 4.78 is 5.57. The second-order valence-electron chi connectivity index (χ2n) is 5.77. The molecule has 106 valence electrons. The maximum absolute atomic E-state index is 11.0. The van der Waals surface area contributed by atoms with Gasteiger partial charge in [0.25, 0.3) is 0 Å². The van der Waals surface area contributed by atoms with Crippen molar-refractivity contribution < 1.29 is 14.6 Å². The van der Waals surface area contributed by atoms with Crippen LogP contribution in [0.15, 0.2) is 0 Å². The third-order valence-corrected chi connectivity index (χ3v) is 3.60. The molecule has 0 radical (unpaired) electrons. The molecule has 0 aliphatic heterocycles. The Labute approximate surface area is 109 Å². The van der Waals surface area contributed by atoms with Crippen LogP contribution in [0.3, 0.4) is 0 Å². The highest BCUT2D eigenvalue weighted by Gasteiger charge is 2.31. The molecular formula is C13H26N2O3. The van der Waals surface area contributed by atoms with Crippen molar-refractivity contribution in [2.75, 3.05) is 26.8 Å². The number of nitrogens with two attached hydrogens (primary N) is 1. The van der Waals surface area contributed by atoms with E-state index < -0.39 is 11.5 Å². The third-order valence-electron chi connectivity index (χ3n) is 3.60. The molecule has 0 spiro atoms. The number of likely N-dealkylation sites (N-methyl/N-ethyl adjacent to an activating group) is 1. The van der Waals surface area contributed by atoms with Crippen LogP contribution in [0.25, 0.3) is 0 Å². The zero-order valence-electron chi connectivity index (χ0n) is 11.7. The summed E-state index contributed by atoms with van der Waals surface area (Å²) in [6.07, 6.45) is 3.04. The van der Waals surface area contributed by atoms with Crippen molar-refractivity contribution in [3.8, 4) is 0 Å². The van der Waals surface area contributed by atoms with Gasteiger partial charge in [0.2, 0.25) is 0 Å². The van der Waals surface area contributed by atoms with Crippen molar-refractivity contribution in [1.82, 2.24) is 4.90 Å². The number of nitrogens with zero attached hydrogens (tertiary/aromatic N) is 1. The normalized spacial score (nSPS) is 20.7. The van der Waals surface area contributed by atoms with Gasteiger partial charge in [-0.05, 0) is 46.1 Å². The van der Waals surface area contributed by atoms with E-state index in [0.717, 1.165) is 19.1 Å². The summed E-state index contributed by atoms with van der Waals surface area (Å²) in [7, 11) is 1.98. The lowest BCUT2D eigenvalue weighted by molar-refractivity contribution is -0.143. The second-order valence-corrected chi connectivity index (χ2v) is 5.77. The highest BCUT2D eigenvalue weighted by atomic mass is 16.5. The van der Waals surface area contributed by atoms with Gasteiger partial charge in [0.05, 0.1) is 6.61 Å². The van der Waals surface area contributed by atoms with Crippen LogP contribution in [0.1, 0.15) is 33.1 Å². The molecule has 1 fully saturated rings. The van der Waals surface area contributed by atoms with Crippen molar-refractivity contribution in [3.05, 3.63) is 0 Å². The van der Waals surface area contributed by atoms with Crippen molar-refractivity contribution in [2.24, 2.45) is 11.7 Å². The van der Waals surface area contributed by atoms with E-state index in [0.29, 0.717) is 13.0 Å². The number of rotatable bonds is 9. The fourth-order valence-electron chi connectivity index (χ4n) is 1.82. The van der Waals surface area contributed by atoms with Crippen LogP contribution < -0.4 is 5.73 Å². The first-order valence-corrected chi connectivity index (χ1v) is 6.63. The molecule has 18 heavy (non-hydrogen) atoms. The van der Waals surface area contributed by atoms with E-state index in [1.165, 1.54) is 12.8 Å². The summed E-state index contributed by atoms with van der Waals surface area (Å²) in [5.41, 5.74) is 4.58. The fourth-order valence-corrected chi connectivity index (χ4v) is 1.82. The minimum absolute atomic E-state index is 0.126. The van der Waals surface area contributed by atoms with E-state index in [4.69, 9.17) is 15.6 Å². The van der Waals surface area contributed by atoms with Crippen molar-refractivity contribution in [1.29, 1.82) is 0 Å². The third kappa shape index (κ3) is 5.33. The SMILES string of the molecule is CC(CC(C)(N)C(=O)O)N(C)CCOCC1CC1. The molecule has 0 aromatic rings. The Kier molecular flexibility index (Phi) is 5.56. The molecule has 0 aromatic heterocycles. The number of hydrogen-bond acceptors (Lipinski definition) is 4. The monoisotopic (exact) mass is 258 g/mol. The van der Waals surface area contributed by atoms with E-state index in [1.54, 1.807) is 6.92 Å². The van der Waals surface area contributed by atoms with Gasteiger partial charge in [-0.15, -0.1) is 0 Å². The Bertz CT molecular complexity index is 277. The molecule has 0 aromatic carbocycles. The summed E-state index contributed by atoms with van der Waals surface area (Å²) in [5.74, 6) is -0.167. The van der Waals surface area contributed by atoms with E-state index in [9.17, 15) is 4.79 Å². The molecule has 0 heterocycles. The maximum Gasteiger partial charge on any atom is 0.323 e. The van der Waals surface area contributed by atoms with Gasteiger partial charge in [0, 0.05) is 19.2 Å². The predicted octanol–water partition coefficient (Wildman–Crippen LogP) is 0.925. The summed E-state index contributed by atoms with van der Waals surface area (Å²) in [6, 6.07) is 0.126. The van der Waals surface area contributed by atoms with Gasteiger partial charge < -0.3 is 20.5 Å². The topological polar surface area (TPSA) is 75.8 Å². The molecule has 0 amide bonds. The van der Waals surface area contributed by atoms with Gasteiger partial charge in [-0.2, -0.15) is 0 Å². The van der Waals surface area contributed by atoms with Crippen molar-refractivity contribution in [2.45, 2.75) is 44.7 Å². The van der Waals surface area contributed by atoms with Crippen LogP contribution in [0.2, 0.25) is 0 Å². The Morgan fingerprint density at radius 3 is 2.72 bits per heavy atom. The molecule has 5 nitrogen and oxygen atoms in total. The Hall–Kier alpha value is -0.650. The number of aliphatic carboxylic acids is 1. The maximum atomic E-state index is 11.0. The number of carbonyl (C=O) groups is 1. The molecule has 0 saturated heterocycles. The van der Waals surface area contributed by atoms with E-state index in [-0.39, 0.29) is 6.04 Å². The Morgan fingerprint density at radius 2 is 2.22 bits per heavy atom. The Morgan fingerprint density at radius 1 is 1.61 bits per heavy atom. The number of carboxylic acid groups (broad SMARTS) is 1. The quantitative estimate of drug-likeness (QED) is 0.602. The van der Waals surface area contributed by atoms with Crippen molar-refractivity contribution in [3.63, 3.8) is 0 Å². The first-order valence-electron chi connectivity index (χ1n) is 6.63. The average molecular weight is 258 g/mol. The molecule has 1 aliphatic rings. The van der Waals surface area contributed by atoms with E-state index in [1.807, 2.05) is 14.0 Å². The summed E-state index contributed by atoms with van der Waals surface area (Å²) in [5, 5.41) is 8.99. The Balaban J connectivity index is 2.18. The summed E-state index contributed by atoms with van der Waals surface area (Å²) in [4.78, 5) is 13.1. The zero-order valence-corrected chi connectivity index (χ0v) is 11.7. The molecule has 1 saturated carbocycles. The van der Waals surface area contributed by atoms with Crippen LogP contribution in [-0.4, -0.2) is 54.4 Å². The average Bonchev–Trinajstić information content (AvgIpc) is 3.07. The van der Waals surface area contributed by atoms with Crippen LogP contribution >= 0.6 is 0 Å². The van der Waals surface area contributed by atoms with Gasteiger partial charge in [-0.3, -0.25) is 4.79 Å². The van der Waals surface area contributed by atoms with Gasteiger partial charge in [0.1, 0.15) is 5.54 Å². The molecule has 5 heteroatoms. The van der Waals surface area contributed by atoms with Gasteiger partial charge in [-0.25, -0.2) is 0 Å². The highest BCUT2D eigenvalue weighted by molar-refractivity contribution is 5.77. The van der Waals surface area contributed by atoms with Gasteiger partial charge in [-0.1, -0.05) is 0 Å². The first-order chi connectivity index (χ1) is 8.33. The minimum atomic E-state index is -1.16. The van der Waals surface area contributed by atoms with Crippen LogP contribution in [0.4, 0.5) is 0 Å². The molecule has 1 rings (SSSR count). The standard InChI is InChI=1S/C13H26N2O3/c1-10(8-13(2,14)12(16)17)15(3)6-7-18-9-11-4-5-11/h10-11H,4-9,14H2,1-3H3,(H,16,17). The van der Waals surface area contributed by atoms with Crippen molar-refractivity contribution >= 4 is 5.97 Å². The summed E-state index contributed by atoms with van der Waals surface area (Å²) in [6.45, 7) is 5.93. The van der Waals surface area contributed by atoms with Crippen LogP contribution in [-0.2, 0) is 9.53 Å². The lowest BCUT2D eigenvalue weighted by atomic mass is 9.94. The zero-order chi connectivity index (χ0) is 13.8.